The molecule has 0 aliphatic heterocycles. The summed E-state index contributed by atoms with van der Waals surface area (Å²) >= 11 is 0. The van der Waals surface area contributed by atoms with Crippen molar-refractivity contribution < 1.29 is 23.9 Å². The van der Waals surface area contributed by atoms with Crippen LogP contribution >= 0.6 is 0 Å². The van der Waals surface area contributed by atoms with E-state index < -0.39 is 18.4 Å². The highest BCUT2D eigenvalue weighted by molar-refractivity contribution is 6.30. The maximum atomic E-state index is 13.0. The van der Waals surface area contributed by atoms with Crippen LogP contribution < -0.4 is 0 Å². The highest BCUT2D eigenvalue weighted by atomic mass is 16.5. The number of likely N-dealkylation sites (N-methyl/N-ethyl adjacent to an activating group) is 1. The van der Waals surface area contributed by atoms with Gasteiger partial charge in [0.15, 0.2) is 18.2 Å². The molecule has 0 N–H and O–H groups in total. The molecule has 4 rings (SSSR count). The summed E-state index contributed by atoms with van der Waals surface area (Å²) in [5.41, 5.74) is 1.66. The summed E-state index contributed by atoms with van der Waals surface area (Å²) in [5.74, 6) is -1.93. The fraction of sp³-hybridized carbons (Fsp3) is 0.120. The number of nitrogens with zero attached hydrogens (tertiary/aromatic N) is 1. The number of hydrogen-bond acceptors (Lipinski definition) is 5. The molecule has 0 unspecified atom stereocenters. The third-order valence-electron chi connectivity index (χ3n) is 5.19. The van der Waals surface area contributed by atoms with E-state index in [1.807, 2.05) is 30.3 Å². The molecule has 6 nitrogen and oxygen atoms in total. The molecule has 0 bridgehead atoms. The van der Waals surface area contributed by atoms with Crippen molar-refractivity contribution in [2.75, 3.05) is 13.7 Å². The Labute approximate surface area is 179 Å². The number of esters is 1. The van der Waals surface area contributed by atoms with E-state index >= 15 is 0 Å². The van der Waals surface area contributed by atoms with Crippen molar-refractivity contribution in [1.29, 1.82) is 0 Å². The molecule has 0 aromatic heterocycles. The fourth-order valence-electron chi connectivity index (χ4n) is 3.58. The summed E-state index contributed by atoms with van der Waals surface area (Å²) in [7, 11) is 1.62. The molecule has 0 saturated heterocycles. The van der Waals surface area contributed by atoms with Gasteiger partial charge < -0.3 is 9.64 Å². The van der Waals surface area contributed by atoms with Gasteiger partial charge in [-0.15, -0.1) is 0 Å². The predicted octanol–water partition coefficient (Wildman–Crippen LogP) is 3.28. The molecule has 3 aromatic carbocycles. The van der Waals surface area contributed by atoms with Crippen LogP contribution in [0.3, 0.4) is 0 Å². The van der Waals surface area contributed by atoms with Gasteiger partial charge in [-0.25, -0.2) is 4.79 Å². The number of carbonyl (C=O) groups is 4. The van der Waals surface area contributed by atoms with Crippen molar-refractivity contribution in [2.24, 2.45) is 0 Å². The van der Waals surface area contributed by atoms with Crippen molar-refractivity contribution in [3.8, 4) is 0 Å². The number of benzene rings is 3. The van der Waals surface area contributed by atoms with Crippen molar-refractivity contribution in [1.82, 2.24) is 4.90 Å². The Morgan fingerprint density at radius 3 is 2.10 bits per heavy atom. The van der Waals surface area contributed by atoms with E-state index in [2.05, 4.69) is 0 Å². The minimum Gasteiger partial charge on any atom is -0.452 e. The van der Waals surface area contributed by atoms with Crippen LogP contribution in [0, 0.1) is 0 Å². The lowest BCUT2D eigenvalue weighted by Gasteiger charge is -2.20. The molecule has 31 heavy (non-hydrogen) atoms. The van der Waals surface area contributed by atoms with Gasteiger partial charge in [0, 0.05) is 35.8 Å². The first-order chi connectivity index (χ1) is 15.0. The number of ether oxygens (including phenoxy) is 1. The van der Waals surface area contributed by atoms with Gasteiger partial charge in [0.05, 0.1) is 5.56 Å². The maximum absolute atomic E-state index is 13.0. The van der Waals surface area contributed by atoms with Crippen LogP contribution in [0.1, 0.15) is 47.8 Å². The van der Waals surface area contributed by atoms with Crippen LogP contribution in [0.4, 0.5) is 0 Å². The van der Waals surface area contributed by atoms with Crippen LogP contribution in [0.25, 0.3) is 0 Å². The van der Waals surface area contributed by atoms with Gasteiger partial charge in [-0.3, -0.25) is 14.4 Å². The smallest absolute Gasteiger partial charge is 0.339 e. The lowest BCUT2D eigenvalue weighted by atomic mass is 9.82. The van der Waals surface area contributed by atoms with E-state index in [4.69, 9.17) is 4.74 Å². The van der Waals surface area contributed by atoms with Crippen molar-refractivity contribution >= 4 is 23.4 Å². The average molecular weight is 413 g/mol. The second-order valence-corrected chi connectivity index (χ2v) is 7.24. The summed E-state index contributed by atoms with van der Waals surface area (Å²) in [5, 5.41) is 0. The molecule has 0 atom stereocenters. The molecular formula is C25H19NO5. The monoisotopic (exact) mass is 413 g/mol. The van der Waals surface area contributed by atoms with E-state index in [0.717, 1.165) is 5.56 Å². The first-order valence-electron chi connectivity index (χ1n) is 9.74. The predicted molar refractivity (Wildman–Crippen MR) is 113 cm³/mol. The van der Waals surface area contributed by atoms with Crippen LogP contribution in [0.5, 0.6) is 0 Å². The number of ketones is 2. The first kappa shape index (κ1) is 20.2. The summed E-state index contributed by atoms with van der Waals surface area (Å²) in [6.07, 6.45) is 0. The summed E-state index contributed by atoms with van der Waals surface area (Å²) in [6, 6.07) is 20.4. The van der Waals surface area contributed by atoms with Crippen LogP contribution in [-0.4, -0.2) is 42.0 Å². The molecule has 1 amide bonds. The van der Waals surface area contributed by atoms with Gasteiger partial charge in [0.1, 0.15) is 0 Å². The van der Waals surface area contributed by atoms with Gasteiger partial charge in [-0.05, 0) is 11.6 Å². The van der Waals surface area contributed by atoms with Crippen LogP contribution in [0.2, 0.25) is 0 Å². The van der Waals surface area contributed by atoms with E-state index in [1.165, 1.54) is 23.1 Å². The molecule has 0 saturated carbocycles. The van der Waals surface area contributed by atoms with E-state index in [0.29, 0.717) is 12.1 Å². The van der Waals surface area contributed by atoms with Gasteiger partial charge in [-0.1, -0.05) is 66.7 Å². The topological polar surface area (TPSA) is 80.8 Å². The SMILES string of the molecule is CN(Cc1ccccc1)C(=O)COC(=O)c1cccc2c1C(=O)c1ccccc1C2=O. The van der Waals surface area contributed by atoms with E-state index in [-0.39, 0.29) is 33.9 Å². The molecule has 0 spiro atoms. The number of carbonyl (C=O) groups excluding carboxylic acids is 4. The van der Waals surface area contributed by atoms with E-state index in [1.54, 1.807) is 31.3 Å². The molecular weight excluding hydrogens is 394 g/mol. The molecule has 6 heteroatoms. The van der Waals surface area contributed by atoms with Gasteiger partial charge in [-0.2, -0.15) is 0 Å². The number of amides is 1. The van der Waals surface area contributed by atoms with Crippen molar-refractivity contribution in [2.45, 2.75) is 6.54 Å². The normalized spacial score (nSPS) is 12.0. The third-order valence-corrected chi connectivity index (χ3v) is 5.19. The Kier molecular flexibility index (Phi) is 5.45. The molecule has 154 valence electrons. The standard InChI is InChI=1S/C25H19NO5/c1-26(14-16-8-3-2-4-9-16)21(27)15-31-25(30)20-13-7-12-19-22(20)24(29)18-11-6-5-10-17(18)23(19)28/h2-13H,14-15H2,1H3. The highest BCUT2D eigenvalue weighted by Gasteiger charge is 2.33. The summed E-state index contributed by atoms with van der Waals surface area (Å²) in [4.78, 5) is 52.3. The zero-order valence-electron chi connectivity index (χ0n) is 16.8. The Morgan fingerprint density at radius 2 is 1.39 bits per heavy atom. The lowest BCUT2D eigenvalue weighted by molar-refractivity contribution is -0.133. The fourth-order valence-corrected chi connectivity index (χ4v) is 3.58. The molecule has 0 radical (unpaired) electrons. The molecule has 0 fully saturated rings. The molecule has 1 aliphatic rings. The quantitative estimate of drug-likeness (QED) is 0.469. The zero-order valence-corrected chi connectivity index (χ0v) is 16.8. The highest BCUT2D eigenvalue weighted by Crippen LogP contribution is 2.29. The van der Waals surface area contributed by atoms with E-state index in [9.17, 15) is 19.2 Å². The Bertz CT molecular complexity index is 1200. The van der Waals surface area contributed by atoms with Gasteiger partial charge in [0.2, 0.25) is 0 Å². The minimum absolute atomic E-state index is 0.0151. The third kappa shape index (κ3) is 3.88. The Balaban J connectivity index is 1.51. The first-order valence-corrected chi connectivity index (χ1v) is 9.74. The second-order valence-electron chi connectivity index (χ2n) is 7.24. The average Bonchev–Trinajstić information content (AvgIpc) is 2.81. The lowest BCUT2D eigenvalue weighted by Crippen LogP contribution is -2.31. The molecule has 3 aromatic rings. The van der Waals surface area contributed by atoms with Gasteiger partial charge >= 0.3 is 5.97 Å². The largest absolute Gasteiger partial charge is 0.452 e. The minimum atomic E-state index is -0.821. The van der Waals surface area contributed by atoms with Gasteiger partial charge in [0.25, 0.3) is 5.91 Å². The van der Waals surface area contributed by atoms with Crippen molar-refractivity contribution in [3.05, 3.63) is 106 Å². The Morgan fingerprint density at radius 1 is 0.774 bits per heavy atom. The maximum Gasteiger partial charge on any atom is 0.339 e. The Hall–Kier alpha value is -4.06. The molecule has 0 heterocycles. The zero-order chi connectivity index (χ0) is 22.0. The van der Waals surface area contributed by atoms with Crippen LogP contribution in [0.15, 0.2) is 72.8 Å². The van der Waals surface area contributed by atoms with Crippen molar-refractivity contribution in [3.63, 3.8) is 0 Å². The number of rotatable bonds is 5. The number of hydrogen-bond donors (Lipinski definition) is 0. The second kappa shape index (κ2) is 8.36. The number of fused-ring (bicyclic) bond motifs is 2. The van der Waals surface area contributed by atoms with Crippen LogP contribution in [-0.2, 0) is 16.1 Å². The summed E-state index contributed by atoms with van der Waals surface area (Å²) in [6.45, 7) is -0.0910. The summed E-state index contributed by atoms with van der Waals surface area (Å²) < 4.78 is 5.19. The molecule has 1 aliphatic carbocycles.